The van der Waals surface area contributed by atoms with Gasteiger partial charge in [-0.25, -0.2) is 0 Å². The summed E-state index contributed by atoms with van der Waals surface area (Å²) in [5, 5.41) is 10.3. The van der Waals surface area contributed by atoms with Crippen molar-refractivity contribution >= 4 is 27.7 Å². The fourth-order valence-electron chi connectivity index (χ4n) is 1.83. The number of carboxylic acid groups (broad SMARTS) is 1. The average molecular weight is 298 g/mol. The number of Topliss-reactive ketones (excluding diaryl/α,β-unsaturated/α-hetero) is 1. The lowest BCUT2D eigenvalue weighted by Crippen LogP contribution is -2.29. The molecule has 0 aliphatic heterocycles. The zero-order valence-electron chi connectivity index (χ0n) is 8.94. The van der Waals surface area contributed by atoms with E-state index in [9.17, 15) is 14.7 Å². The van der Waals surface area contributed by atoms with Crippen molar-refractivity contribution in [2.75, 3.05) is 6.61 Å². The number of alkyl halides is 1. The summed E-state index contributed by atoms with van der Waals surface area (Å²) in [4.78, 5) is 21.9. The predicted octanol–water partition coefficient (Wildman–Crippen LogP) is 0.708. The molecule has 1 unspecified atom stereocenters. The van der Waals surface area contributed by atoms with Gasteiger partial charge in [0, 0.05) is 5.56 Å². The normalized spacial score (nSPS) is 18.6. The minimum Gasteiger partial charge on any atom is -0.546 e. The van der Waals surface area contributed by atoms with E-state index in [2.05, 4.69) is 15.9 Å². The molecule has 4 nitrogen and oxygen atoms in total. The van der Waals surface area contributed by atoms with Crippen LogP contribution >= 0.6 is 15.9 Å². The van der Waals surface area contributed by atoms with Crippen molar-refractivity contribution in [2.24, 2.45) is 0 Å². The Morgan fingerprint density at radius 3 is 3.00 bits per heavy atom. The molecule has 1 atom stereocenters. The number of hydrogen-bond donors (Lipinski definition) is 0. The van der Waals surface area contributed by atoms with Crippen LogP contribution < -0.4 is 9.84 Å². The number of ether oxygens (including phenoxy) is 1. The van der Waals surface area contributed by atoms with Gasteiger partial charge in [0.25, 0.3) is 0 Å². The molecule has 0 spiro atoms. The lowest BCUT2D eigenvalue weighted by Gasteiger charge is -2.19. The van der Waals surface area contributed by atoms with Gasteiger partial charge in [0.1, 0.15) is 12.4 Å². The highest BCUT2D eigenvalue weighted by Gasteiger charge is 2.25. The van der Waals surface area contributed by atoms with Gasteiger partial charge in [-0.3, -0.25) is 4.79 Å². The first-order valence-electron chi connectivity index (χ1n) is 5.22. The third-order valence-electron chi connectivity index (χ3n) is 2.65. The Bertz CT molecular complexity index is 470. The van der Waals surface area contributed by atoms with E-state index in [0.717, 1.165) is 18.4 Å². The molecule has 17 heavy (non-hydrogen) atoms. The van der Waals surface area contributed by atoms with Crippen LogP contribution in [0.2, 0.25) is 0 Å². The maximum absolute atomic E-state index is 11.8. The SMILES string of the molecule is O=C([O-])COc1ccc2c(c1)CCC(Br)C2=O. The summed E-state index contributed by atoms with van der Waals surface area (Å²) >= 11 is 3.33. The standard InChI is InChI=1S/C12H11BrO4/c13-10-4-1-7-5-8(17-6-11(14)15)2-3-9(7)12(10)16/h2-3,5,10H,1,4,6H2,(H,14,15)/p-1. The van der Waals surface area contributed by atoms with Gasteiger partial charge < -0.3 is 14.6 Å². The second kappa shape index (κ2) is 4.87. The second-order valence-electron chi connectivity index (χ2n) is 3.85. The highest BCUT2D eigenvalue weighted by Crippen LogP contribution is 2.28. The Morgan fingerprint density at radius 2 is 2.29 bits per heavy atom. The molecule has 0 bridgehead atoms. The number of hydrogen-bond acceptors (Lipinski definition) is 4. The lowest BCUT2D eigenvalue weighted by molar-refractivity contribution is -0.307. The van der Waals surface area contributed by atoms with E-state index in [1.54, 1.807) is 18.2 Å². The van der Waals surface area contributed by atoms with Crippen LogP contribution in [-0.2, 0) is 11.2 Å². The zero-order chi connectivity index (χ0) is 12.4. The first kappa shape index (κ1) is 12.1. The largest absolute Gasteiger partial charge is 0.546 e. The Morgan fingerprint density at radius 1 is 1.53 bits per heavy atom. The summed E-state index contributed by atoms with van der Waals surface area (Å²) in [6, 6.07) is 5.00. The number of halogens is 1. The first-order valence-corrected chi connectivity index (χ1v) is 6.13. The fraction of sp³-hybridized carbons (Fsp3) is 0.333. The van der Waals surface area contributed by atoms with E-state index in [0.29, 0.717) is 11.3 Å². The van der Waals surface area contributed by atoms with Crippen molar-refractivity contribution < 1.29 is 19.4 Å². The van der Waals surface area contributed by atoms with Gasteiger partial charge in [-0.1, -0.05) is 15.9 Å². The Kier molecular flexibility index (Phi) is 3.47. The fourth-order valence-corrected chi connectivity index (χ4v) is 2.31. The van der Waals surface area contributed by atoms with Crippen molar-refractivity contribution in [3.05, 3.63) is 29.3 Å². The number of fused-ring (bicyclic) bond motifs is 1. The number of aliphatic carboxylic acids is 1. The predicted molar refractivity (Wildman–Crippen MR) is 62.3 cm³/mol. The Hall–Kier alpha value is -1.36. The Balaban J connectivity index is 2.20. The van der Waals surface area contributed by atoms with E-state index in [1.165, 1.54) is 0 Å². The maximum Gasteiger partial charge on any atom is 0.176 e. The molecule has 0 saturated heterocycles. The summed E-state index contributed by atoms with van der Waals surface area (Å²) in [5.74, 6) is -0.745. The molecule has 0 fully saturated rings. The molecule has 1 aliphatic rings. The van der Waals surface area contributed by atoms with Crippen LogP contribution in [0.15, 0.2) is 18.2 Å². The molecule has 1 aliphatic carbocycles. The van der Waals surface area contributed by atoms with Crippen molar-refractivity contribution in [1.29, 1.82) is 0 Å². The third kappa shape index (κ3) is 2.66. The number of aryl methyl sites for hydroxylation is 1. The van der Waals surface area contributed by atoms with Crippen LogP contribution in [0, 0.1) is 0 Å². The molecule has 1 aromatic rings. The molecule has 0 amide bonds. The molecular formula is C12H10BrO4-. The lowest BCUT2D eigenvalue weighted by atomic mass is 9.90. The Labute approximate surface area is 107 Å². The molecule has 0 radical (unpaired) electrons. The van der Waals surface area contributed by atoms with Gasteiger partial charge in [-0.05, 0) is 36.6 Å². The van der Waals surface area contributed by atoms with Crippen molar-refractivity contribution in [3.63, 3.8) is 0 Å². The minimum atomic E-state index is -1.26. The monoisotopic (exact) mass is 297 g/mol. The number of ketones is 1. The van der Waals surface area contributed by atoms with Crippen LogP contribution in [0.3, 0.4) is 0 Å². The molecule has 2 rings (SSSR count). The van der Waals surface area contributed by atoms with Gasteiger partial charge in [0.15, 0.2) is 5.78 Å². The number of carbonyl (C=O) groups is 2. The van der Waals surface area contributed by atoms with E-state index in [-0.39, 0.29) is 10.6 Å². The average Bonchev–Trinajstić information content (AvgIpc) is 2.31. The number of carboxylic acids is 1. The van der Waals surface area contributed by atoms with Crippen LogP contribution in [0.4, 0.5) is 0 Å². The summed E-state index contributed by atoms with van der Waals surface area (Å²) in [6.45, 7) is -0.478. The van der Waals surface area contributed by atoms with Gasteiger partial charge in [-0.2, -0.15) is 0 Å². The smallest absolute Gasteiger partial charge is 0.176 e. The van der Waals surface area contributed by atoms with Crippen molar-refractivity contribution in [2.45, 2.75) is 17.7 Å². The van der Waals surface area contributed by atoms with Gasteiger partial charge in [-0.15, -0.1) is 0 Å². The summed E-state index contributed by atoms with van der Waals surface area (Å²) in [7, 11) is 0. The molecule has 5 heteroatoms. The van der Waals surface area contributed by atoms with E-state index < -0.39 is 12.6 Å². The van der Waals surface area contributed by atoms with E-state index >= 15 is 0 Å². The molecular weight excluding hydrogens is 288 g/mol. The number of benzene rings is 1. The first-order chi connectivity index (χ1) is 8.08. The van der Waals surface area contributed by atoms with Crippen LogP contribution in [-0.4, -0.2) is 23.2 Å². The van der Waals surface area contributed by atoms with Crippen molar-refractivity contribution in [3.8, 4) is 5.75 Å². The third-order valence-corrected chi connectivity index (χ3v) is 3.52. The topological polar surface area (TPSA) is 66.4 Å². The second-order valence-corrected chi connectivity index (χ2v) is 4.96. The van der Waals surface area contributed by atoms with Gasteiger partial charge in [0.05, 0.1) is 10.8 Å². The maximum atomic E-state index is 11.8. The summed E-state index contributed by atoms with van der Waals surface area (Å²) in [5.41, 5.74) is 1.58. The van der Waals surface area contributed by atoms with E-state index in [1.807, 2.05) is 0 Å². The van der Waals surface area contributed by atoms with E-state index in [4.69, 9.17) is 4.74 Å². The zero-order valence-corrected chi connectivity index (χ0v) is 10.5. The van der Waals surface area contributed by atoms with Crippen LogP contribution in [0.1, 0.15) is 22.3 Å². The minimum absolute atomic E-state index is 0.0673. The molecule has 0 N–H and O–H groups in total. The molecule has 0 saturated carbocycles. The molecule has 0 heterocycles. The highest BCUT2D eigenvalue weighted by atomic mass is 79.9. The van der Waals surface area contributed by atoms with Crippen molar-refractivity contribution in [1.82, 2.24) is 0 Å². The molecule has 0 aromatic heterocycles. The highest BCUT2D eigenvalue weighted by molar-refractivity contribution is 9.10. The van der Waals surface area contributed by atoms with Crippen LogP contribution in [0.25, 0.3) is 0 Å². The quantitative estimate of drug-likeness (QED) is 0.771. The van der Waals surface area contributed by atoms with Crippen LogP contribution in [0.5, 0.6) is 5.75 Å². The summed E-state index contributed by atoms with van der Waals surface area (Å²) in [6.07, 6.45) is 1.52. The number of rotatable bonds is 3. The summed E-state index contributed by atoms with van der Waals surface area (Å²) < 4.78 is 5.01. The van der Waals surface area contributed by atoms with Gasteiger partial charge in [0.2, 0.25) is 0 Å². The molecule has 90 valence electrons. The number of carbonyl (C=O) groups excluding carboxylic acids is 2. The van der Waals surface area contributed by atoms with Gasteiger partial charge >= 0.3 is 0 Å². The molecule has 1 aromatic carbocycles.